The molecule has 1 aromatic heterocycles. The number of hydrogen-bond acceptors (Lipinski definition) is 5. The number of carbonyl (C=O) groups excluding carboxylic acids is 1. The van der Waals surface area contributed by atoms with Gasteiger partial charge in [-0.25, -0.2) is 0 Å². The average Bonchev–Trinajstić information content (AvgIpc) is 3.16. The predicted molar refractivity (Wildman–Crippen MR) is 92.9 cm³/mol. The van der Waals surface area contributed by atoms with Crippen LogP contribution in [0.3, 0.4) is 0 Å². The Morgan fingerprint density at radius 2 is 2.20 bits per heavy atom. The summed E-state index contributed by atoms with van der Waals surface area (Å²) < 4.78 is 16.0. The van der Waals surface area contributed by atoms with Crippen molar-refractivity contribution in [3.63, 3.8) is 0 Å². The number of carbonyl (C=O) groups is 1. The number of benzene rings is 1. The van der Waals surface area contributed by atoms with Crippen LogP contribution >= 0.6 is 0 Å². The van der Waals surface area contributed by atoms with Gasteiger partial charge in [0.2, 0.25) is 0 Å². The maximum Gasteiger partial charge on any atom is 0.262 e. The molecule has 130 valence electrons. The van der Waals surface area contributed by atoms with Crippen molar-refractivity contribution < 1.29 is 18.7 Å². The zero-order valence-corrected chi connectivity index (χ0v) is 14.2. The Labute approximate surface area is 146 Å². The van der Waals surface area contributed by atoms with Crippen LogP contribution < -0.4 is 14.8 Å². The number of nitriles is 1. The third kappa shape index (κ3) is 5.15. The molecule has 2 rings (SSSR count). The molecule has 2 aromatic rings. The lowest BCUT2D eigenvalue weighted by atomic mass is 10.1. The van der Waals surface area contributed by atoms with E-state index in [-0.39, 0.29) is 12.1 Å². The van der Waals surface area contributed by atoms with Crippen molar-refractivity contribution >= 4 is 12.0 Å². The topological polar surface area (TPSA) is 84.5 Å². The van der Waals surface area contributed by atoms with Crippen molar-refractivity contribution in [2.24, 2.45) is 0 Å². The van der Waals surface area contributed by atoms with E-state index in [0.29, 0.717) is 29.4 Å². The van der Waals surface area contributed by atoms with Gasteiger partial charge in [0.05, 0.1) is 26.5 Å². The van der Waals surface area contributed by atoms with Gasteiger partial charge in [0, 0.05) is 0 Å². The van der Waals surface area contributed by atoms with E-state index in [0.717, 1.165) is 6.42 Å². The largest absolute Gasteiger partial charge is 0.493 e. The van der Waals surface area contributed by atoms with Gasteiger partial charge in [-0.15, -0.1) is 0 Å². The van der Waals surface area contributed by atoms with E-state index < -0.39 is 5.91 Å². The Balaban J connectivity index is 2.14. The minimum Gasteiger partial charge on any atom is -0.493 e. The summed E-state index contributed by atoms with van der Waals surface area (Å²) in [7, 11) is 1.56. The maximum atomic E-state index is 12.2. The van der Waals surface area contributed by atoms with Gasteiger partial charge in [0.25, 0.3) is 5.91 Å². The number of furan rings is 1. The molecule has 1 aromatic carbocycles. The highest BCUT2D eigenvalue weighted by molar-refractivity contribution is 6.01. The fourth-order valence-corrected chi connectivity index (χ4v) is 2.10. The molecule has 0 saturated carbocycles. The minimum absolute atomic E-state index is 0.00170. The summed E-state index contributed by atoms with van der Waals surface area (Å²) in [6.45, 7) is 2.78. The Hall–Kier alpha value is -3.20. The van der Waals surface area contributed by atoms with Crippen LogP contribution in [0, 0.1) is 11.3 Å². The van der Waals surface area contributed by atoms with Crippen LogP contribution in [-0.2, 0) is 11.3 Å². The van der Waals surface area contributed by atoms with E-state index in [4.69, 9.17) is 13.9 Å². The molecule has 0 unspecified atom stereocenters. The fraction of sp³-hybridized carbons (Fsp3) is 0.263. The lowest BCUT2D eigenvalue weighted by Crippen LogP contribution is -2.23. The first-order valence-electron chi connectivity index (χ1n) is 7.91. The van der Waals surface area contributed by atoms with Gasteiger partial charge in [-0.3, -0.25) is 4.79 Å². The zero-order valence-electron chi connectivity index (χ0n) is 14.2. The number of hydrogen-bond donors (Lipinski definition) is 1. The van der Waals surface area contributed by atoms with Gasteiger partial charge < -0.3 is 19.2 Å². The van der Waals surface area contributed by atoms with Crippen LogP contribution in [0.25, 0.3) is 6.08 Å². The third-order valence-corrected chi connectivity index (χ3v) is 3.33. The van der Waals surface area contributed by atoms with Crippen molar-refractivity contribution in [3.05, 3.63) is 53.5 Å². The second kappa shape index (κ2) is 9.18. The summed E-state index contributed by atoms with van der Waals surface area (Å²) in [5.74, 6) is 1.33. The first-order chi connectivity index (χ1) is 12.2. The van der Waals surface area contributed by atoms with Crippen LogP contribution in [0.2, 0.25) is 0 Å². The van der Waals surface area contributed by atoms with Crippen LogP contribution in [-0.4, -0.2) is 19.6 Å². The molecule has 6 heteroatoms. The van der Waals surface area contributed by atoms with Crippen molar-refractivity contribution in [2.75, 3.05) is 13.7 Å². The molecule has 0 aliphatic carbocycles. The number of methoxy groups -OCH3 is 1. The van der Waals surface area contributed by atoms with Crippen molar-refractivity contribution in [1.82, 2.24) is 5.32 Å². The summed E-state index contributed by atoms with van der Waals surface area (Å²) in [6, 6.07) is 10.6. The van der Waals surface area contributed by atoms with E-state index in [1.54, 1.807) is 37.4 Å². The minimum atomic E-state index is -0.467. The molecule has 1 amide bonds. The predicted octanol–water partition coefficient (Wildman–Crippen LogP) is 3.30. The van der Waals surface area contributed by atoms with Gasteiger partial charge in [0.1, 0.15) is 17.4 Å². The second-order valence-electron chi connectivity index (χ2n) is 5.19. The normalized spacial score (nSPS) is 10.8. The van der Waals surface area contributed by atoms with Gasteiger partial charge in [-0.05, 0) is 42.3 Å². The Morgan fingerprint density at radius 1 is 1.36 bits per heavy atom. The summed E-state index contributed by atoms with van der Waals surface area (Å²) in [6.07, 6.45) is 3.90. The summed E-state index contributed by atoms with van der Waals surface area (Å²) in [4.78, 5) is 12.2. The van der Waals surface area contributed by atoms with Crippen molar-refractivity contribution in [2.45, 2.75) is 19.9 Å². The molecular formula is C19H20N2O4. The van der Waals surface area contributed by atoms with Gasteiger partial charge in [-0.2, -0.15) is 5.26 Å². The Bertz CT molecular complexity index is 773. The van der Waals surface area contributed by atoms with Crippen molar-refractivity contribution in [3.8, 4) is 17.6 Å². The molecule has 1 N–H and O–H groups in total. The lowest BCUT2D eigenvalue weighted by Gasteiger charge is -2.10. The molecule has 0 fully saturated rings. The SMILES string of the molecule is CCCOc1cc(/C=C(\C#N)C(=O)NCc2ccco2)ccc1OC. The van der Waals surface area contributed by atoms with Crippen LogP contribution in [0.4, 0.5) is 0 Å². The van der Waals surface area contributed by atoms with E-state index >= 15 is 0 Å². The Kier molecular flexibility index (Phi) is 6.66. The fourth-order valence-electron chi connectivity index (χ4n) is 2.10. The number of ether oxygens (including phenoxy) is 2. The number of nitrogens with one attached hydrogen (secondary N) is 1. The first kappa shape index (κ1) is 18.1. The molecule has 6 nitrogen and oxygen atoms in total. The summed E-state index contributed by atoms with van der Waals surface area (Å²) >= 11 is 0. The number of rotatable bonds is 8. The molecule has 1 heterocycles. The second-order valence-corrected chi connectivity index (χ2v) is 5.19. The maximum absolute atomic E-state index is 12.2. The molecule has 0 bridgehead atoms. The Morgan fingerprint density at radius 3 is 2.84 bits per heavy atom. The molecule has 0 atom stereocenters. The highest BCUT2D eigenvalue weighted by Crippen LogP contribution is 2.29. The van der Waals surface area contributed by atoms with Crippen molar-refractivity contribution in [1.29, 1.82) is 5.26 Å². The van der Waals surface area contributed by atoms with Gasteiger partial charge in [-0.1, -0.05) is 13.0 Å². The highest BCUT2D eigenvalue weighted by Gasteiger charge is 2.11. The van der Waals surface area contributed by atoms with E-state index in [1.807, 2.05) is 13.0 Å². The first-order valence-corrected chi connectivity index (χ1v) is 7.91. The molecule has 0 radical (unpaired) electrons. The smallest absolute Gasteiger partial charge is 0.262 e. The molecule has 0 spiro atoms. The monoisotopic (exact) mass is 340 g/mol. The summed E-state index contributed by atoms with van der Waals surface area (Å²) in [5.41, 5.74) is 0.676. The standard InChI is InChI=1S/C19H20N2O4/c1-3-8-25-18-11-14(6-7-17(18)23-2)10-15(12-20)19(22)21-13-16-5-4-9-24-16/h4-7,9-11H,3,8,13H2,1-2H3,(H,21,22)/b15-10+. The van der Waals surface area contributed by atoms with E-state index in [9.17, 15) is 10.1 Å². The lowest BCUT2D eigenvalue weighted by molar-refractivity contribution is -0.117. The van der Waals surface area contributed by atoms with Crippen LogP contribution in [0.15, 0.2) is 46.6 Å². The zero-order chi connectivity index (χ0) is 18.1. The average molecular weight is 340 g/mol. The number of nitrogens with zero attached hydrogens (tertiary/aromatic N) is 1. The molecule has 0 aliphatic rings. The third-order valence-electron chi connectivity index (χ3n) is 3.33. The van der Waals surface area contributed by atoms with Crippen LogP contribution in [0.1, 0.15) is 24.7 Å². The number of amides is 1. The molecule has 0 saturated heterocycles. The quantitative estimate of drug-likeness (QED) is 0.589. The molecular weight excluding hydrogens is 320 g/mol. The molecule has 0 aliphatic heterocycles. The van der Waals surface area contributed by atoms with E-state index in [2.05, 4.69) is 5.32 Å². The van der Waals surface area contributed by atoms with Gasteiger partial charge in [0.15, 0.2) is 11.5 Å². The van der Waals surface area contributed by atoms with Crippen LogP contribution in [0.5, 0.6) is 11.5 Å². The van der Waals surface area contributed by atoms with E-state index in [1.165, 1.54) is 12.3 Å². The molecule has 25 heavy (non-hydrogen) atoms. The van der Waals surface area contributed by atoms with Gasteiger partial charge >= 0.3 is 0 Å². The summed E-state index contributed by atoms with van der Waals surface area (Å²) in [5, 5.41) is 11.9. The highest BCUT2D eigenvalue weighted by atomic mass is 16.5.